The van der Waals surface area contributed by atoms with Crippen molar-refractivity contribution >= 4 is 17.4 Å². The number of carbonyl (C=O) groups is 2. The summed E-state index contributed by atoms with van der Waals surface area (Å²) in [5.74, 6) is -2.29. The van der Waals surface area contributed by atoms with Gasteiger partial charge in [0.05, 0.1) is 23.4 Å². The van der Waals surface area contributed by atoms with Gasteiger partial charge in [0, 0.05) is 11.6 Å². The molecular weight excluding hydrogens is 289 g/mol. The Bertz CT molecular complexity index is 726. The van der Waals surface area contributed by atoms with Crippen LogP contribution in [-0.4, -0.2) is 23.5 Å². The van der Waals surface area contributed by atoms with Crippen molar-refractivity contribution < 1.29 is 23.8 Å². The standard InChI is InChI=1S/C16H14FNO4/c1-2-22-16(21)10-5-3-9(4-6-10)14(19)12-7-11(17)8-13(18)15(12)20/h3-8,20H,2,18H2,1H3. The van der Waals surface area contributed by atoms with Crippen LogP contribution in [0.5, 0.6) is 5.75 Å². The fraction of sp³-hybridized carbons (Fsp3) is 0.125. The van der Waals surface area contributed by atoms with Crippen LogP contribution >= 0.6 is 0 Å². The Morgan fingerprint density at radius 3 is 2.36 bits per heavy atom. The number of phenolic OH excluding ortho intramolecular Hbond substituents is 1. The first-order valence-corrected chi connectivity index (χ1v) is 6.54. The molecule has 2 aromatic rings. The highest BCUT2D eigenvalue weighted by molar-refractivity contribution is 6.11. The van der Waals surface area contributed by atoms with E-state index in [9.17, 15) is 19.1 Å². The first kappa shape index (κ1) is 15.5. The molecule has 3 N–H and O–H groups in total. The van der Waals surface area contributed by atoms with E-state index in [0.29, 0.717) is 5.56 Å². The summed E-state index contributed by atoms with van der Waals surface area (Å²) in [5.41, 5.74) is 5.46. The third kappa shape index (κ3) is 3.06. The molecule has 0 heterocycles. The maximum atomic E-state index is 13.3. The van der Waals surface area contributed by atoms with Crippen LogP contribution in [0.25, 0.3) is 0 Å². The summed E-state index contributed by atoms with van der Waals surface area (Å²) in [4.78, 5) is 23.8. The molecule has 114 valence electrons. The fourth-order valence-corrected chi connectivity index (χ4v) is 1.92. The summed E-state index contributed by atoms with van der Waals surface area (Å²) < 4.78 is 18.2. The number of hydrogen-bond donors (Lipinski definition) is 2. The smallest absolute Gasteiger partial charge is 0.338 e. The number of ketones is 1. The summed E-state index contributed by atoms with van der Waals surface area (Å²) in [6.07, 6.45) is 0. The molecule has 0 fully saturated rings. The van der Waals surface area contributed by atoms with Crippen LogP contribution in [0.3, 0.4) is 0 Å². The van der Waals surface area contributed by atoms with Crippen molar-refractivity contribution in [3.8, 4) is 5.75 Å². The average molecular weight is 303 g/mol. The highest BCUT2D eigenvalue weighted by atomic mass is 19.1. The molecule has 0 atom stereocenters. The first-order chi connectivity index (χ1) is 10.4. The molecule has 6 heteroatoms. The van der Waals surface area contributed by atoms with Crippen molar-refractivity contribution in [3.05, 3.63) is 58.9 Å². The number of nitrogen functional groups attached to an aromatic ring is 1. The monoisotopic (exact) mass is 303 g/mol. The molecule has 0 aliphatic rings. The number of benzene rings is 2. The van der Waals surface area contributed by atoms with Gasteiger partial charge in [0.1, 0.15) is 11.6 Å². The topological polar surface area (TPSA) is 89.6 Å². The number of hydrogen-bond acceptors (Lipinski definition) is 5. The largest absolute Gasteiger partial charge is 0.505 e. The van der Waals surface area contributed by atoms with Crippen molar-refractivity contribution in [2.75, 3.05) is 12.3 Å². The van der Waals surface area contributed by atoms with Crippen LogP contribution in [0.4, 0.5) is 10.1 Å². The number of esters is 1. The maximum absolute atomic E-state index is 13.3. The molecule has 0 amide bonds. The second kappa shape index (κ2) is 6.26. The van der Waals surface area contributed by atoms with E-state index in [1.165, 1.54) is 24.3 Å². The molecule has 5 nitrogen and oxygen atoms in total. The molecule has 0 aliphatic carbocycles. The normalized spacial score (nSPS) is 10.3. The first-order valence-electron chi connectivity index (χ1n) is 6.54. The Balaban J connectivity index is 2.33. The highest BCUT2D eigenvalue weighted by Gasteiger charge is 2.17. The Morgan fingerprint density at radius 1 is 1.18 bits per heavy atom. The van der Waals surface area contributed by atoms with Gasteiger partial charge in [0.25, 0.3) is 0 Å². The number of anilines is 1. The van der Waals surface area contributed by atoms with E-state index in [0.717, 1.165) is 12.1 Å². The Hall–Kier alpha value is -2.89. The number of nitrogens with two attached hydrogens (primary N) is 1. The summed E-state index contributed by atoms with van der Waals surface area (Å²) in [6, 6.07) is 7.48. The molecular formula is C16H14FNO4. The number of halogens is 1. The lowest BCUT2D eigenvalue weighted by atomic mass is 10.0. The number of aromatic hydroxyl groups is 1. The number of ether oxygens (including phenoxy) is 1. The predicted octanol–water partition coefficient (Wildman–Crippen LogP) is 2.52. The van der Waals surface area contributed by atoms with Crippen LogP contribution in [-0.2, 0) is 4.74 Å². The molecule has 2 rings (SSSR count). The van der Waals surface area contributed by atoms with Crippen molar-refractivity contribution in [2.24, 2.45) is 0 Å². The maximum Gasteiger partial charge on any atom is 0.338 e. The molecule has 0 saturated carbocycles. The zero-order valence-electron chi connectivity index (χ0n) is 11.8. The van der Waals surface area contributed by atoms with Gasteiger partial charge in [0.2, 0.25) is 0 Å². The van der Waals surface area contributed by atoms with Gasteiger partial charge in [0.15, 0.2) is 5.78 Å². The van der Waals surface area contributed by atoms with Crippen LogP contribution in [0.15, 0.2) is 36.4 Å². The summed E-state index contributed by atoms with van der Waals surface area (Å²) in [5, 5.41) is 9.78. The second-order valence-corrected chi connectivity index (χ2v) is 4.52. The summed E-state index contributed by atoms with van der Waals surface area (Å²) in [6.45, 7) is 1.93. The van der Waals surface area contributed by atoms with Crippen molar-refractivity contribution in [1.29, 1.82) is 0 Å². The second-order valence-electron chi connectivity index (χ2n) is 4.52. The lowest BCUT2D eigenvalue weighted by Crippen LogP contribution is -2.07. The van der Waals surface area contributed by atoms with E-state index >= 15 is 0 Å². The van der Waals surface area contributed by atoms with Gasteiger partial charge in [-0.05, 0) is 25.1 Å². The van der Waals surface area contributed by atoms with E-state index in [4.69, 9.17) is 10.5 Å². The molecule has 0 radical (unpaired) electrons. The third-order valence-electron chi connectivity index (χ3n) is 3.01. The molecule has 0 bridgehead atoms. The molecule has 0 unspecified atom stereocenters. The third-order valence-corrected chi connectivity index (χ3v) is 3.01. The molecule has 0 spiro atoms. The van der Waals surface area contributed by atoms with Gasteiger partial charge in [-0.3, -0.25) is 4.79 Å². The van der Waals surface area contributed by atoms with Gasteiger partial charge in [-0.15, -0.1) is 0 Å². The van der Waals surface area contributed by atoms with Gasteiger partial charge in [-0.2, -0.15) is 0 Å². The number of carbonyl (C=O) groups excluding carboxylic acids is 2. The highest BCUT2D eigenvalue weighted by Crippen LogP contribution is 2.28. The molecule has 22 heavy (non-hydrogen) atoms. The van der Waals surface area contributed by atoms with Gasteiger partial charge in [-0.25, -0.2) is 9.18 Å². The minimum Gasteiger partial charge on any atom is -0.505 e. The van der Waals surface area contributed by atoms with Crippen LogP contribution in [0.2, 0.25) is 0 Å². The van der Waals surface area contributed by atoms with Crippen LogP contribution in [0.1, 0.15) is 33.2 Å². The van der Waals surface area contributed by atoms with Gasteiger partial charge in [-0.1, -0.05) is 12.1 Å². The van der Waals surface area contributed by atoms with Gasteiger partial charge >= 0.3 is 5.97 Å². The lowest BCUT2D eigenvalue weighted by molar-refractivity contribution is 0.0526. The molecule has 2 aromatic carbocycles. The number of phenols is 1. The Kier molecular flexibility index (Phi) is 4.41. The fourth-order valence-electron chi connectivity index (χ4n) is 1.92. The average Bonchev–Trinajstić information content (AvgIpc) is 2.50. The van der Waals surface area contributed by atoms with Crippen LogP contribution in [0, 0.1) is 5.82 Å². The summed E-state index contributed by atoms with van der Waals surface area (Å²) in [7, 11) is 0. The lowest BCUT2D eigenvalue weighted by Gasteiger charge is -2.07. The molecule has 0 saturated heterocycles. The predicted molar refractivity (Wildman–Crippen MR) is 78.3 cm³/mol. The zero-order valence-corrected chi connectivity index (χ0v) is 11.8. The Morgan fingerprint density at radius 2 is 1.77 bits per heavy atom. The van der Waals surface area contributed by atoms with Crippen molar-refractivity contribution in [1.82, 2.24) is 0 Å². The Labute approximate surface area is 126 Å². The van der Waals surface area contributed by atoms with Gasteiger partial charge < -0.3 is 15.6 Å². The zero-order chi connectivity index (χ0) is 16.3. The minimum absolute atomic E-state index is 0.188. The summed E-state index contributed by atoms with van der Waals surface area (Å²) >= 11 is 0. The molecule has 0 aliphatic heterocycles. The van der Waals surface area contributed by atoms with E-state index < -0.39 is 23.3 Å². The minimum atomic E-state index is -0.721. The van der Waals surface area contributed by atoms with Crippen molar-refractivity contribution in [3.63, 3.8) is 0 Å². The SMILES string of the molecule is CCOC(=O)c1ccc(C(=O)c2cc(F)cc(N)c2O)cc1. The van der Waals surface area contributed by atoms with Crippen LogP contribution < -0.4 is 5.73 Å². The quantitative estimate of drug-likeness (QED) is 0.392. The number of rotatable bonds is 4. The van der Waals surface area contributed by atoms with E-state index in [2.05, 4.69) is 0 Å². The van der Waals surface area contributed by atoms with E-state index in [-0.39, 0.29) is 23.4 Å². The van der Waals surface area contributed by atoms with E-state index in [1.807, 2.05) is 0 Å². The van der Waals surface area contributed by atoms with E-state index in [1.54, 1.807) is 6.92 Å². The molecule has 0 aromatic heterocycles. The van der Waals surface area contributed by atoms with Crippen molar-refractivity contribution in [2.45, 2.75) is 6.92 Å².